The number of fused-ring (bicyclic) bond motifs is 1. The van der Waals surface area contributed by atoms with Crippen LogP contribution in [-0.4, -0.2) is 20.2 Å². The van der Waals surface area contributed by atoms with E-state index in [9.17, 15) is 0 Å². The Morgan fingerprint density at radius 3 is 3.00 bits per heavy atom. The van der Waals surface area contributed by atoms with Gasteiger partial charge in [0.05, 0.1) is 6.61 Å². The first-order valence-electron chi connectivity index (χ1n) is 5.65. The molecule has 3 rings (SSSR count). The zero-order valence-corrected chi connectivity index (χ0v) is 9.12. The molecule has 1 N–H and O–H groups in total. The molecule has 1 saturated heterocycles. The molecule has 1 aliphatic heterocycles. The van der Waals surface area contributed by atoms with Crippen molar-refractivity contribution >= 4 is 0 Å². The molecule has 0 aromatic heterocycles. The molecule has 1 saturated carbocycles. The van der Waals surface area contributed by atoms with Gasteiger partial charge in [-0.2, -0.15) is 0 Å². The summed E-state index contributed by atoms with van der Waals surface area (Å²) >= 11 is 0. The minimum atomic E-state index is 0.453. The number of piperidine rings is 1. The molecule has 1 aliphatic carbocycles. The van der Waals surface area contributed by atoms with E-state index < -0.39 is 0 Å². The summed E-state index contributed by atoms with van der Waals surface area (Å²) in [5, 5.41) is 3.49. The van der Waals surface area contributed by atoms with Gasteiger partial charge in [0.15, 0.2) is 0 Å². The smallest absolute Gasteiger partial charge is 0.0715 e. The molecule has 2 heteroatoms. The number of nitrogens with one attached hydrogen (secondary N) is 1. The van der Waals surface area contributed by atoms with E-state index in [0.717, 1.165) is 19.1 Å². The summed E-state index contributed by atoms with van der Waals surface area (Å²) in [6, 6.07) is 8.73. The summed E-state index contributed by atoms with van der Waals surface area (Å²) in [4.78, 5) is 0. The summed E-state index contributed by atoms with van der Waals surface area (Å²) in [5.74, 6) is 0.871. The van der Waals surface area contributed by atoms with Crippen LogP contribution in [0.2, 0.25) is 0 Å². The highest BCUT2D eigenvalue weighted by molar-refractivity contribution is 5.42. The van der Waals surface area contributed by atoms with Gasteiger partial charge in [0.25, 0.3) is 0 Å². The molecule has 0 amide bonds. The predicted octanol–water partition coefficient (Wildman–Crippen LogP) is 1.69. The van der Waals surface area contributed by atoms with Gasteiger partial charge in [-0.15, -0.1) is 0 Å². The Morgan fingerprint density at radius 1 is 1.47 bits per heavy atom. The molecule has 2 atom stereocenters. The van der Waals surface area contributed by atoms with Crippen LogP contribution >= 0.6 is 0 Å². The van der Waals surface area contributed by atoms with Crippen LogP contribution in [0.25, 0.3) is 0 Å². The normalized spacial score (nSPS) is 32.7. The molecular weight excluding hydrogens is 186 g/mol. The van der Waals surface area contributed by atoms with Gasteiger partial charge < -0.3 is 10.1 Å². The maximum absolute atomic E-state index is 5.27. The summed E-state index contributed by atoms with van der Waals surface area (Å²) < 4.78 is 5.27. The predicted molar refractivity (Wildman–Crippen MR) is 59.8 cm³/mol. The largest absolute Gasteiger partial charge is 0.380 e. The Bertz CT molecular complexity index is 377. The number of benzene rings is 1. The quantitative estimate of drug-likeness (QED) is 0.807. The van der Waals surface area contributed by atoms with Gasteiger partial charge >= 0.3 is 0 Å². The van der Waals surface area contributed by atoms with Gasteiger partial charge in [0.2, 0.25) is 0 Å². The topological polar surface area (TPSA) is 21.3 Å². The summed E-state index contributed by atoms with van der Waals surface area (Å²) in [7, 11) is 1.77. The zero-order chi connectivity index (χ0) is 10.3. The van der Waals surface area contributed by atoms with Crippen molar-refractivity contribution in [3.05, 3.63) is 35.4 Å². The van der Waals surface area contributed by atoms with Gasteiger partial charge in [-0.05, 0) is 30.0 Å². The molecule has 2 fully saturated rings. The molecule has 15 heavy (non-hydrogen) atoms. The minimum Gasteiger partial charge on any atom is -0.380 e. The third kappa shape index (κ3) is 1.32. The van der Waals surface area contributed by atoms with E-state index in [1.54, 1.807) is 7.11 Å². The molecule has 0 radical (unpaired) electrons. The standard InChI is InChI=1S/C13H17NO/c1-15-8-10-4-2-3-5-12(10)13-6-11(13)7-14-9-13/h2-5,11,14H,6-9H2,1H3. The number of ether oxygens (including phenoxy) is 1. The van der Waals surface area contributed by atoms with E-state index in [0.29, 0.717) is 5.41 Å². The number of hydrogen-bond acceptors (Lipinski definition) is 2. The molecule has 1 aromatic carbocycles. The van der Waals surface area contributed by atoms with Crippen LogP contribution in [0, 0.1) is 5.92 Å². The maximum atomic E-state index is 5.27. The van der Waals surface area contributed by atoms with Gasteiger partial charge in [0.1, 0.15) is 0 Å². The van der Waals surface area contributed by atoms with Crippen molar-refractivity contribution in [2.24, 2.45) is 5.92 Å². The molecule has 2 unspecified atom stereocenters. The Morgan fingerprint density at radius 2 is 2.33 bits per heavy atom. The molecule has 2 aliphatic rings. The highest BCUT2D eigenvalue weighted by Gasteiger charge is 2.58. The Kier molecular flexibility index (Phi) is 2.08. The summed E-state index contributed by atoms with van der Waals surface area (Å²) in [5.41, 5.74) is 3.34. The first kappa shape index (κ1) is 9.37. The van der Waals surface area contributed by atoms with Crippen LogP contribution in [0.1, 0.15) is 17.5 Å². The Balaban J connectivity index is 1.97. The van der Waals surface area contributed by atoms with E-state index in [4.69, 9.17) is 4.74 Å². The molecule has 0 bridgehead atoms. The SMILES string of the molecule is COCc1ccccc1C12CNCC1C2. The third-order valence-electron chi connectivity index (χ3n) is 3.92. The summed E-state index contributed by atoms with van der Waals surface area (Å²) in [6.07, 6.45) is 1.36. The Hall–Kier alpha value is -0.860. The maximum Gasteiger partial charge on any atom is 0.0715 e. The van der Waals surface area contributed by atoms with E-state index in [1.807, 2.05) is 0 Å². The fourth-order valence-electron chi connectivity index (χ4n) is 3.05. The fraction of sp³-hybridized carbons (Fsp3) is 0.538. The molecule has 2 nitrogen and oxygen atoms in total. The van der Waals surface area contributed by atoms with E-state index >= 15 is 0 Å². The van der Waals surface area contributed by atoms with Crippen molar-refractivity contribution in [3.8, 4) is 0 Å². The average Bonchev–Trinajstić information content (AvgIpc) is 2.83. The van der Waals surface area contributed by atoms with Crippen LogP contribution in [0.15, 0.2) is 24.3 Å². The molecule has 1 heterocycles. The van der Waals surface area contributed by atoms with Crippen molar-refractivity contribution in [3.63, 3.8) is 0 Å². The third-order valence-corrected chi connectivity index (χ3v) is 3.92. The van der Waals surface area contributed by atoms with Crippen LogP contribution < -0.4 is 5.32 Å². The van der Waals surface area contributed by atoms with Gasteiger partial charge in [-0.1, -0.05) is 24.3 Å². The number of rotatable bonds is 3. The van der Waals surface area contributed by atoms with Crippen LogP contribution in [0.3, 0.4) is 0 Å². The highest BCUT2D eigenvalue weighted by atomic mass is 16.5. The molecular formula is C13H17NO. The van der Waals surface area contributed by atoms with Crippen molar-refractivity contribution in [2.75, 3.05) is 20.2 Å². The second-order valence-electron chi connectivity index (χ2n) is 4.78. The monoisotopic (exact) mass is 203 g/mol. The van der Waals surface area contributed by atoms with Gasteiger partial charge in [-0.25, -0.2) is 0 Å². The van der Waals surface area contributed by atoms with Crippen LogP contribution in [-0.2, 0) is 16.8 Å². The van der Waals surface area contributed by atoms with Crippen LogP contribution in [0.5, 0.6) is 0 Å². The minimum absolute atomic E-state index is 0.453. The Labute approximate surface area is 90.6 Å². The average molecular weight is 203 g/mol. The number of methoxy groups -OCH3 is 1. The van der Waals surface area contributed by atoms with Crippen molar-refractivity contribution in [1.82, 2.24) is 5.32 Å². The van der Waals surface area contributed by atoms with Crippen molar-refractivity contribution in [1.29, 1.82) is 0 Å². The second kappa shape index (κ2) is 3.32. The lowest BCUT2D eigenvalue weighted by Gasteiger charge is -2.16. The summed E-state index contributed by atoms with van der Waals surface area (Å²) in [6.45, 7) is 3.09. The molecule has 0 spiro atoms. The van der Waals surface area contributed by atoms with Gasteiger partial charge in [-0.3, -0.25) is 0 Å². The highest BCUT2D eigenvalue weighted by Crippen LogP contribution is 2.57. The lowest BCUT2D eigenvalue weighted by molar-refractivity contribution is 0.183. The van der Waals surface area contributed by atoms with E-state index in [-0.39, 0.29) is 0 Å². The fourth-order valence-corrected chi connectivity index (χ4v) is 3.05. The van der Waals surface area contributed by atoms with Gasteiger partial charge in [0, 0.05) is 19.1 Å². The first-order valence-corrected chi connectivity index (χ1v) is 5.65. The lowest BCUT2D eigenvalue weighted by Crippen LogP contribution is -2.20. The van der Waals surface area contributed by atoms with E-state index in [1.165, 1.54) is 24.1 Å². The van der Waals surface area contributed by atoms with Crippen molar-refractivity contribution in [2.45, 2.75) is 18.4 Å². The first-order chi connectivity index (χ1) is 7.37. The zero-order valence-electron chi connectivity index (χ0n) is 9.12. The molecule has 1 aromatic rings. The lowest BCUT2D eigenvalue weighted by atomic mass is 9.91. The number of hydrogen-bond donors (Lipinski definition) is 1. The van der Waals surface area contributed by atoms with Crippen LogP contribution in [0.4, 0.5) is 0 Å². The molecule has 80 valence electrons. The second-order valence-corrected chi connectivity index (χ2v) is 4.78. The van der Waals surface area contributed by atoms with E-state index in [2.05, 4.69) is 29.6 Å². The van der Waals surface area contributed by atoms with Crippen molar-refractivity contribution < 1.29 is 4.74 Å².